The summed E-state index contributed by atoms with van der Waals surface area (Å²) in [6, 6.07) is 6.20. The number of nitrogens with one attached hydrogen (secondary N) is 2. The van der Waals surface area contributed by atoms with Crippen LogP contribution in [0, 0.1) is 5.82 Å². The van der Waals surface area contributed by atoms with Crippen molar-refractivity contribution < 1.29 is 4.39 Å². The predicted molar refractivity (Wildman–Crippen MR) is 56.7 cm³/mol. The van der Waals surface area contributed by atoms with Gasteiger partial charge in [-0.25, -0.2) is 4.39 Å². The molecule has 2 rings (SSSR count). The summed E-state index contributed by atoms with van der Waals surface area (Å²) in [6.07, 6.45) is 1.66. The van der Waals surface area contributed by atoms with Crippen molar-refractivity contribution >= 4 is 11.4 Å². The number of aromatic nitrogens is 2. The monoisotopic (exact) mass is 206 g/mol. The molecule has 0 unspecified atom stereocenters. The number of aromatic amines is 1. The van der Waals surface area contributed by atoms with Crippen LogP contribution >= 0.6 is 0 Å². The van der Waals surface area contributed by atoms with E-state index in [-0.39, 0.29) is 5.82 Å². The fraction of sp³-hybridized carbons (Fsp3) is 0.100. The fourth-order valence-corrected chi connectivity index (χ4v) is 1.29. The molecule has 1 heterocycles. The Balaban J connectivity index is 2.05. The molecule has 0 saturated heterocycles. The summed E-state index contributed by atoms with van der Waals surface area (Å²) in [5, 5.41) is 9.64. The van der Waals surface area contributed by atoms with Gasteiger partial charge in [0.05, 0.1) is 12.2 Å². The highest BCUT2D eigenvalue weighted by molar-refractivity contribution is 5.54. The second kappa shape index (κ2) is 4.00. The van der Waals surface area contributed by atoms with E-state index in [9.17, 15) is 4.39 Å². The Bertz CT molecular complexity index is 418. The van der Waals surface area contributed by atoms with Crippen LogP contribution in [0.2, 0.25) is 0 Å². The predicted octanol–water partition coefficient (Wildman–Crippen LogP) is 1.74. The number of H-pyrrole nitrogens is 1. The van der Waals surface area contributed by atoms with Crippen LogP contribution in [0.1, 0.15) is 5.69 Å². The third-order valence-electron chi connectivity index (χ3n) is 1.96. The van der Waals surface area contributed by atoms with E-state index in [0.29, 0.717) is 17.9 Å². The van der Waals surface area contributed by atoms with Crippen molar-refractivity contribution in [2.75, 3.05) is 11.1 Å². The summed E-state index contributed by atoms with van der Waals surface area (Å²) in [5.74, 6) is -0.345. The fourth-order valence-electron chi connectivity index (χ4n) is 1.29. The van der Waals surface area contributed by atoms with E-state index in [1.54, 1.807) is 12.3 Å². The molecule has 0 aliphatic rings. The molecule has 0 spiro atoms. The van der Waals surface area contributed by atoms with Crippen molar-refractivity contribution in [2.24, 2.45) is 0 Å². The highest BCUT2D eigenvalue weighted by atomic mass is 19.1. The standard InChI is InChI=1S/C10H11FN4/c11-7-3-8(12)5-10(4-7)13-6-9-1-2-14-15-9/h1-5,13H,6,12H2,(H,14,15). The van der Waals surface area contributed by atoms with Gasteiger partial charge in [-0.2, -0.15) is 5.10 Å². The lowest BCUT2D eigenvalue weighted by atomic mass is 10.2. The number of rotatable bonds is 3. The number of halogens is 1. The van der Waals surface area contributed by atoms with E-state index in [1.165, 1.54) is 12.1 Å². The average Bonchev–Trinajstić information content (AvgIpc) is 2.65. The summed E-state index contributed by atoms with van der Waals surface area (Å²) < 4.78 is 13.0. The SMILES string of the molecule is Nc1cc(F)cc(NCc2ccn[nH]2)c1. The first-order valence-corrected chi connectivity index (χ1v) is 4.52. The molecule has 15 heavy (non-hydrogen) atoms. The summed E-state index contributed by atoms with van der Waals surface area (Å²) >= 11 is 0. The molecule has 0 atom stereocenters. The van der Waals surface area contributed by atoms with Crippen LogP contribution in [-0.4, -0.2) is 10.2 Å². The second-order valence-electron chi connectivity index (χ2n) is 3.21. The lowest BCUT2D eigenvalue weighted by molar-refractivity contribution is 0.629. The minimum Gasteiger partial charge on any atom is -0.399 e. The quantitative estimate of drug-likeness (QED) is 0.670. The van der Waals surface area contributed by atoms with Crippen LogP contribution in [-0.2, 0) is 6.54 Å². The summed E-state index contributed by atoms with van der Waals surface area (Å²) in [6.45, 7) is 0.558. The molecule has 0 bridgehead atoms. The summed E-state index contributed by atoms with van der Waals surface area (Å²) in [7, 11) is 0. The highest BCUT2D eigenvalue weighted by Gasteiger charge is 1.98. The first-order valence-electron chi connectivity index (χ1n) is 4.52. The Morgan fingerprint density at radius 2 is 2.27 bits per heavy atom. The van der Waals surface area contributed by atoms with E-state index in [0.717, 1.165) is 5.69 Å². The number of nitrogen functional groups attached to an aromatic ring is 1. The van der Waals surface area contributed by atoms with E-state index in [4.69, 9.17) is 5.73 Å². The molecule has 4 nitrogen and oxygen atoms in total. The van der Waals surface area contributed by atoms with E-state index >= 15 is 0 Å². The van der Waals surface area contributed by atoms with E-state index in [1.807, 2.05) is 6.07 Å². The first kappa shape index (κ1) is 9.51. The molecule has 1 aromatic carbocycles. The Kier molecular flexibility index (Phi) is 2.53. The van der Waals surface area contributed by atoms with Gasteiger partial charge in [0.1, 0.15) is 5.82 Å². The normalized spacial score (nSPS) is 10.2. The largest absolute Gasteiger partial charge is 0.399 e. The number of anilines is 2. The molecule has 4 N–H and O–H groups in total. The van der Waals surface area contributed by atoms with Gasteiger partial charge in [-0.05, 0) is 24.3 Å². The van der Waals surface area contributed by atoms with Crippen LogP contribution in [0.4, 0.5) is 15.8 Å². The van der Waals surface area contributed by atoms with Crippen molar-refractivity contribution in [1.29, 1.82) is 0 Å². The maximum atomic E-state index is 13.0. The number of hydrogen-bond donors (Lipinski definition) is 3. The molecular weight excluding hydrogens is 195 g/mol. The number of hydrogen-bond acceptors (Lipinski definition) is 3. The zero-order valence-corrected chi connectivity index (χ0v) is 8.00. The van der Waals surface area contributed by atoms with Crippen LogP contribution in [0.25, 0.3) is 0 Å². The molecular formula is C10H11FN4. The molecule has 1 aromatic heterocycles. The van der Waals surface area contributed by atoms with Crippen LogP contribution < -0.4 is 11.1 Å². The molecule has 78 valence electrons. The van der Waals surface area contributed by atoms with Gasteiger partial charge in [0.15, 0.2) is 0 Å². The number of benzene rings is 1. The molecule has 5 heteroatoms. The lowest BCUT2D eigenvalue weighted by Crippen LogP contribution is -2.01. The molecule has 2 aromatic rings. The summed E-state index contributed by atoms with van der Waals surface area (Å²) in [5.41, 5.74) is 7.50. The van der Waals surface area contributed by atoms with Crippen molar-refractivity contribution in [3.63, 3.8) is 0 Å². The van der Waals surface area contributed by atoms with Crippen LogP contribution in [0.3, 0.4) is 0 Å². The third kappa shape index (κ3) is 2.46. The Labute approximate surface area is 86.3 Å². The number of nitrogens with two attached hydrogens (primary N) is 1. The van der Waals surface area contributed by atoms with Gasteiger partial charge in [-0.3, -0.25) is 5.10 Å². The van der Waals surface area contributed by atoms with Gasteiger partial charge < -0.3 is 11.1 Å². The molecule has 0 radical (unpaired) electrons. The smallest absolute Gasteiger partial charge is 0.127 e. The minimum atomic E-state index is -0.345. The maximum Gasteiger partial charge on any atom is 0.127 e. The van der Waals surface area contributed by atoms with Gasteiger partial charge in [-0.15, -0.1) is 0 Å². The first-order chi connectivity index (χ1) is 7.24. The topological polar surface area (TPSA) is 66.7 Å². The van der Waals surface area contributed by atoms with Crippen LogP contribution in [0.15, 0.2) is 30.5 Å². The molecule has 0 amide bonds. The van der Waals surface area contributed by atoms with Gasteiger partial charge in [0.2, 0.25) is 0 Å². The number of nitrogens with zero attached hydrogens (tertiary/aromatic N) is 1. The third-order valence-corrected chi connectivity index (χ3v) is 1.96. The Morgan fingerprint density at radius 3 is 2.93 bits per heavy atom. The van der Waals surface area contributed by atoms with Gasteiger partial charge in [0, 0.05) is 17.6 Å². The average molecular weight is 206 g/mol. The van der Waals surface area contributed by atoms with Gasteiger partial charge >= 0.3 is 0 Å². The van der Waals surface area contributed by atoms with Crippen LogP contribution in [0.5, 0.6) is 0 Å². The maximum absolute atomic E-state index is 13.0. The highest BCUT2D eigenvalue weighted by Crippen LogP contribution is 2.15. The van der Waals surface area contributed by atoms with Crippen molar-refractivity contribution in [3.8, 4) is 0 Å². The Hall–Kier alpha value is -2.04. The van der Waals surface area contributed by atoms with E-state index < -0.39 is 0 Å². The lowest BCUT2D eigenvalue weighted by Gasteiger charge is -2.05. The summed E-state index contributed by atoms with van der Waals surface area (Å²) in [4.78, 5) is 0. The zero-order valence-electron chi connectivity index (χ0n) is 8.00. The van der Waals surface area contributed by atoms with Gasteiger partial charge in [-0.1, -0.05) is 0 Å². The molecule has 0 aliphatic heterocycles. The minimum absolute atomic E-state index is 0.345. The molecule has 0 fully saturated rings. The van der Waals surface area contributed by atoms with Crippen molar-refractivity contribution in [1.82, 2.24) is 10.2 Å². The van der Waals surface area contributed by atoms with E-state index in [2.05, 4.69) is 15.5 Å². The zero-order chi connectivity index (χ0) is 10.7. The van der Waals surface area contributed by atoms with Crippen molar-refractivity contribution in [2.45, 2.75) is 6.54 Å². The molecule has 0 saturated carbocycles. The van der Waals surface area contributed by atoms with Crippen molar-refractivity contribution in [3.05, 3.63) is 42.0 Å². The Morgan fingerprint density at radius 1 is 1.40 bits per heavy atom. The molecule has 0 aliphatic carbocycles. The second-order valence-corrected chi connectivity index (χ2v) is 3.21. The van der Waals surface area contributed by atoms with Gasteiger partial charge in [0.25, 0.3) is 0 Å².